The Balaban J connectivity index is 2.00. The maximum atomic E-state index is 12.0. The van der Waals surface area contributed by atoms with E-state index in [9.17, 15) is 4.79 Å². The van der Waals surface area contributed by atoms with Crippen LogP contribution in [0, 0.1) is 0 Å². The number of nitrogens with one attached hydrogen (secondary N) is 1. The molecule has 2 rings (SSSR count). The molecule has 0 unspecified atom stereocenters. The van der Waals surface area contributed by atoms with Crippen molar-refractivity contribution < 1.29 is 14.6 Å². The van der Waals surface area contributed by atoms with E-state index in [1.54, 1.807) is 31.4 Å². The number of rotatable bonds is 5. The molecule has 104 valence electrons. The quantitative estimate of drug-likeness (QED) is 0.875. The van der Waals surface area contributed by atoms with Gasteiger partial charge in [0.25, 0.3) is 5.91 Å². The monoisotopic (exact) mass is 271 g/mol. The molecule has 4 nitrogen and oxygen atoms in total. The fraction of sp³-hybridized carbons (Fsp3) is 0.188. The molecule has 0 aliphatic heterocycles. The van der Waals surface area contributed by atoms with Gasteiger partial charge >= 0.3 is 0 Å². The first-order valence-corrected chi connectivity index (χ1v) is 6.34. The molecule has 2 aromatic rings. The summed E-state index contributed by atoms with van der Waals surface area (Å²) in [7, 11) is 1.57. The zero-order valence-electron chi connectivity index (χ0n) is 11.3. The summed E-state index contributed by atoms with van der Waals surface area (Å²) in [6.45, 7) is 0.418. The van der Waals surface area contributed by atoms with Crippen molar-refractivity contribution in [3.8, 4) is 5.75 Å². The second-order valence-electron chi connectivity index (χ2n) is 4.39. The minimum atomic E-state index is -0.154. The summed E-state index contributed by atoms with van der Waals surface area (Å²) in [5, 5.41) is 11.9. The van der Waals surface area contributed by atoms with Gasteiger partial charge in [0.2, 0.25) is 0 Å². The van der Waals surface area contributed by atoms with Gasteiger partial charge in [0.1, 0.15) is 5.75 Å². The minimum absolute atomic E-state index is 0.00231. The van der Waals surface area contributed by atoms with Crippen molar-refractivity contribution in [3.63, 3.8) is 0 Å². The fourth-order valence-electron chi connectivity index (χ4n) is 1.89. The summed E-state index contributed by atoms with van der Waals surface area (Å²) < 4.78 is 5.09. The lowest BCUT2D eigenvalue weighted by molar-refractivity contribution is 0.0950. The van der Waals surface area contributed by atoms with Crippen LogP contribution in [0.3, 0.4) is 0 Å². The topological polar surface area (TPSA) is 58.6 Å². The van der Waals surface area contributed by atoms with Crippen LogP contribution in [0.4, 0.5) is 0 Å². The van der Waals surface area contributed by atoms with Gasteiger partial charge in [0.05, 0.1) is 13.7 Å². The predicted octanol–water partition coefficient (Wildman–Crippen LogP) is 2.12. The third-order valence-electron chi connectivity index (χ3n) is 2.96. The summed E-state index contributed by atoms with van der Waals surface area (Å²) in [5.74, 6) is 0.498. The van der Waals surface area contributed by atoms with Gasteiger partial charge in [0, 0.05) is 12.1 Å². The number of aliphatic hydroxyl groups excluding tert-OH is 1. The number of methoxy groups -OCH3 is 1. The highest BCUT2D eigenvalue weighted by molar-refractivity contribution is 5.94. The zero-order valence-corrected chi connectivity index (χ0v) is 11.3. The molecule has 0 bridgehead atoms. The number of carbonyl (C=O) groups is 1. The number of hydrogen-bond donors (Lipinski definition) is 2. The number of benzene rings is 2. The van der Waals surface area contributed by atoms with Crippen LogP contribution in [-0.4, -0.2) is 18.1 Å². The lowest BCUT2D eigenvalue weighted by Crippen LogP contribution is -2.22. The molecule has 20 heavy (non-hydrogen) atoms. The van der Waals surface area contributed by atoms with Gasteiger partial charge in [-0.1, -0.05) is 30.3 Å². The van der Waals surface area contributed by atoms with Crippen molar-refractivity contribution in [2.75, 3.05) is 7.11 Å². The van der Waals surface area contributed by atoms with Crippen LogP contribution in [0.5, 0.6) is 5.75 Å². The van der Waals surface area contributed by atoms with E-state index in [0.29, 0.717) is 17.9 Å². The zero-order chi connectivity index (χ0) is 14.4. The summed E-state index contributed by atoms with van der Waals surface area (Å²) in [6, 6.07) is 14.5. The van der Waals surface area contributed by atoms with Crippen molar-refractivity contribution in [1.29, 1.82) is 0 Å². The van der Waals surface area contributed by atoms with E-state index in [-0.39, 0.29) is 12.5 Å². The standard InChI is InChI=1S/C16H17NO3/c1-20-15-7-3-6-14(9-15)16(19)17-10-12-4-2-5-13(8-12)11-18/h2-9,18H,10-11H2,1H3,(H,17,19). The van der Waals surface area contributed by atoms with E-state index in [1.807, 2.05) is 24.3 Å². The number of hydrogen-bond acceptors (Lipinski definition) is 3. The Labute approximate surface area is 118 Å². The van der Waals surface area contributed by atoms with Crippen LogP contribution < -0.4 is 10.1 Å². The highest BCUT2D eigenvalue weighted by atomic mass is 16.5. The SMILES string of the molecule is COc1cccc(C(=O)NCc2cccc(CO)c2)c1. The van der Waals surface area contributed by atoms with E-state index in [0.717, 1.165) is 11.1 Å². The first kappa shape index (κ1) is 14.1. The molecule has 0 heterocycles. The van der Waals surface area contributed by atoms with Gasteiger partial charge in [-0.25, -0.2) is 0 Å². The lowest BCUT2D eigenvalue weighted by atomic mass is 10.1. The molecular weight excluding hydrogens is 254 g/mol. The van der Waals surface area contributed by atoms with Crippen molar-refractivity contribution in [2.45, 2.75) is 13.2 Å². The van der Waals surface area contributed by atoms with Crippen LogP contribution in [0.2, 0.25) is 0 Å². The number of carbonyl (C=O) groups excluding carboxylic acids is 1. The second kappa shape index (κ2) is 6.73. The van der Waals surface area contributed by atoms with Crippen LogP contribution in [0.15, 0.2) is 48.5 Å². The molecule has 0 spiro atoms. The molecule has 0 aliphatic carbocycles. The predicted molar refractivity (Wildman–Crippen MR) is 76.5 cm³/mol. The molecule has 0 aromatic heterocycles. The molecule has 0 fully saturated rings. The van der Waals surface area contributed by atoms with Crippen molar-refractivity contribution in [3.05, 3.63) is 65.2 Å². The molecule has 2 aromatic carbocycles. The number of ether oxygens (including phenoxy) is 1. The van der Waals surface area contributed by atoms with Crippen molar-refractivity contribution in [2.24, 2.45) is 0 Å². The van der Waals surface area contributed by atoms with Gasteiger partial charge in [-0.2, -0.15) is 0 Å². The Hall–Kier alpha value is -2.33. The van der Waals surface area contributed by atoms with E-state index in [4.69, 9.17) is 9.84 Å². The Morgan fingerprint density at radius 3 is 2.65 bits per heavy atom. The van der Waals surface area contributed by atoms with Crippen molar-refractivity contribution >= 4 is 5.91 Å². The Morgan fingerprint density at radius 1 is 1.15 bits per heavy atom. The van der Waals surface area contributed by atoms with Gasteiger partial charge < -0.3 is 15.2 Å². The average Bonchev–Trinajstić information content (AvgIpc) is 2.52. The molecule has 1 amide bonds. The van der Waals surface area contributed by atoms with Crippen LogP contribution in [0.1, 0.15) is 21.5 Å². The summed E-state index contributed by atoms with van der Waals surface area (Å²) in [5.41, 5.74) is 2.34. The van der Waals surface area contributed by atoms with E-state index in [2.05, 4.69) is 5.32 Å². The molecular formula is C16H17NO3. The first-order valence-electron chi connectivity index (χ1n) is 6.34. The van der Waals surface area contributed by atoms with Gasteiger partial charge in [0.15, 0.2) is 0 Å². The summed E-state index contributed by atoms with van der Waals surface area (Å²) in [4.78, 5) is 12.0. The molecule has 0 aliphatic rings. The van der Waals surface area contributed by atoms with Crippen molar-refractivity contribution in [1.82, 2.24) is 5.32 Å². The molecule has 0 atom stereocenters. The van der Waals surface area contributed by atoms with Gasteiger partial charge in [-0.3, -0.25) is 4.79 Å². The molecule has 4 heteroatoms. The van der Waals surface area contributed by atoms with Crippen LogP contribution in [0.25, 0.3) is 0 Å². The largest absolute Gasteiger partial charge is 0.497 e. The Bertz CT molecular complexity index is 596. The van der Waals surface area contributed by atoms with Gasteiger partial charge in [-0.05, 0) is 29.3 Å². The maximum absolute atomic E-state index is 12.0. The fourth-order valence-corrected chi connectivity index (χ4v) is 1.89. The summed E-state index contributed by atoms with van der Waals surface area (Å²) >= 11 is 0. The highest BCUT2D eigenvalue weighted by Gasteiger charge is 2.06. The third-order valence-corrected chi connectivity index (χ3v) is 2.96. The van der Waals surface area contributed by atoms with E-state index in [1.165, 1.54) is 0 Å². The maximum Gasteiger partial charge on any atom is 0.251 e. The first-order chi connectivity index (χ1) is 9.72. The van der Waals surface area contributed by atoms with Crippen LogP contribution >= 0.6 is 0 Å². The molecule has 2 N–H and O–H groups in total. The van der Waals surface area contributed by atoms with E-state index < -0.39 is 0 Å². The van der Waals surface area contributed by atoms with E-state index >= 15 is 0 Å². The third kappa shape index (κ3) is 3.59. The second-order valence-corrected chi connectivity index (χ2v) is 4.39. The smallest absolute Gasteiger partial charge is 0.251 e. The average molecular weight is 271 g/mol. The lowest BCUT2D eigenvalue weighted by Gasteiger charge is -2.07. The molecule has 0 radical (unpaired) electrons. The Kier molecular flexibility index (Phi) is 4.74. The number of aliphatic hydroxyl groups is 1. The molecule has 0 saturated carbocycles. The minimum Gasteiger partial charge on any atom is -0.497 e. The summed E-state index contributed by atoms with van der Waals surface area (Å²) in [6.07, 6.45) is 0. The van der Waals surface area contributed by atoms with Gasteiger partial charge in [-0.15, -0.1) is 0 Å². The van der Waals surface area contributed by atoms with Crippen LogP contribution in [-0.2, 0) is 13.2 Å². The Morgan fingerprint density at radius 2 is 1.90 bits per heavy atom. The normalized spacial score (nSPS) is 10.1. The highest BCUT2D eigenvalue weighted by Crippen LogP contribution is 2.12. The molecule has 0 saturated heterocycles. The number of amides is 1.